The van der Waals surface area contributed by atoms with Crippen molar-refractivity contribution in [2.45, 2.75) is 11.5 Å². The van der Waals surface area contributed by atoms with Crippen LogP contribution in [0.5, 0.6) is 0 Å². The van der Waals surface area contributed by atoms with E-state index in [1.54, 1.807) is 0 Å². The van der Waals surface area contributed by atoms with Crippen LogP contribution in [-0.2, 0) is 17.1 Å². The molecule has 0 aliphatic rings. The minimum absolute atomic E-state index is 0. The van der Waals surface area contributed by atoms with Crippen LogP contribution in [0, 0.1) is 0 Å². The summed E-state index contributed by atoms with van der Waals surface area (Å²) in [7, 11) is 0. The largest absolute Gasteiger partial charge is 2.00 e. The zero-order valence-electron chi connectivity index (χ0n) is 8.70. The average molecular weight is 290 g/mol. The molecule has 0 unspecified atom stereocenters. The summed E-state index contributed by atoms with van der Waals surface area (Å²) in [5.74, 6) is 4.56. The molecular formula is C12H17FeGe. The first-order valence-electron chi connectivity index (χ1n) is 4.49. The fraction of sp³-hybridized carbons (Fsp3) is 0.167. The van der Waals surface area contributed by atoms with Crippen molar-refractivity contribution in [1.29, 1.82) is 0 Å². The smallest absolute Gasteiger partial charge is 0.214 e. The van der Waals surface area contributed by atoms with E-state index in [0.717, 1.165) is 0 Å². The van der Waals surface area contributed by atoms with Gasteiger partial charge in [-0.3, -0.25) is 0 Å². The number of hydrogen-bond acceptors (Lipinski definition) is 0. The van der Waals surface area contributed by atoms with E-state index in [0.29, 0.717) is 15.4 Å². The van der Waals surface area contributed by atoms with Crippen LogP contribution in [0.2, 0.25) is 11.5 Å². The Morgan fingerprint density at radius 2 is 0.929 bits per heavy atom. The van der Waals surface area contributed by atoms with Gasteiger partial charge in [0.2, 0.25) is 0 Å². The van der Waals surface area contributed by atoms with Crippen molar-refractivity contribution in [1.82, 2.24) is 0 Å². The molecule has 77 valence electrons. The molecule has 0 heterocycles. The molecule has 0 aliphatic carbocycles. The fourth-order valence-electron chi connectivity index (χ4n) is 0.642. The van der Waals surface area contributed by atoms with Crippen molar-refractivity contribution in [3.63, 3.8) is 0 Å². The van der Waals surface area contributed by atoms with E-state index in [4.69, 9.17) is 0 Å². The molecule has 0 N–H and O–H groups in total. The van der Waals surface area contributed by atoms with Crippen LogP contribution in [0.25, 0.3) is 0 Å². The van der Waals surface area contributed by atoms with Crippen molar-refractivity contribution < 1.29 is 17.1 Å². The number of hydrogen-bond donors (Lipinski definition) is 0. The van der Waals surface area contributed by atoms with Gasteiger partial charge in [0.1, 0.15) is 0 Å². The third-order valence-corrected chi connectivity index (χ3v) is 1.11. The van der Waals surface area contributed by atoms with Gasteiger partial charge in [0.05, 0.1) is 0 Å². The minimum Gasteiger partial charge on any atom is -0.214 e. The van der Waals surface area contributed by atoms with Crippen LogP contribution in [0.15, 0.2) is 60.7 Å². The molecule has 2 aromatic rings. The summed E-state index contributed by atoms with van der Waals surface area (Å²) in [4.78, 5) is 0. The van der Waals surface area contributed by atoms with Crippen LogP contribution >= 0.6 is 0 Å². The zero-order chi connectivity index (χ0) is 9.78. The molecule has 0 atom stereocenters. The summed E-state index contributed by atoms with van der Waals surface area (Å²) in [6.45, 7) is 0. The van der Waals surface area contributed by atoms with E-state index in [-0.39, 0.29) is 17.1 Å². The van der Waals surface area contributed by atoms with E-state index in [1.165, 1.54) is 0 Å². The van der Waals surface area contributed by atoms with E-state index in [9.17, 15) is 0 Å². The quantitative estimate of drug-likeness (QED) is 0.515. The van der Waals surface area contributed by atoms with Crippen LogP contribution < -0.4 is 0 Å². The minimum atomic E-state index is 0. The van der Waals surface area contributed by atoms with E-state index in [2.05, 4.69) is 11.5 Å². The SMILES string of the molecule is [CH3][GeH][CH3].[Fe+2].c1cc[cH-]c1.c1cc[cH-]c1. The Morgan fingerprint density at radius 1 is 0.714 bits per heavy atom. The maximum atomic E-state index is 2.28. The maximum Gasteiger partial charge on any atom is 2.00 e. The van der Waals surface area contributed by atoms with Crippen molar-refractivity contribution >= 4 is 15.4 Å². The molecule has 0 saturated heterocycles. The Hall–Kier alpha value is -0.238. The van der Waals surface area contributed by atoms with Crippen molar-refractivity contribution in [2.24, 2.45) is 0 Å². The second kappa shape index (κ2) is 15.2. The standard InChI is InChI=1S/2C5H5.C2H7Ge.Fe/c2*1-2-4-5-3-1;1-3-2;/h2*1-5H;3H,1-2H3;/q2*-1;;+2. The summed E-state index contributed by atoms with van der Waals surface area (Å²) >= 11 is 0.312. The summed E-state index contributed by atoms with van der Waals surface area (Å²) in [6, 6.07) is 20.0. The second-order valence-electron chi connectivity index (χ2n) is 2.50. The topological polar surface area (TPSA) is 0 Å². The predicted octanol–water partition coefficient (Wildman–Crippen LogP) is 3.33. The molecule has 0 amide bonds. The fourth-order valence-corrected chi connectivity index (χ4v) is 0.642. The van der Waals surface area contributed by atoms with Gasteiger partial charge >= 0.3 is 44.0 Å². The van der Waals surface area contributed by atoms with Gasteiger partial charge in [0.25, 0.3) is 0 Å². The molecule has 2 rings (SSSR count). The molecule has 1 radical (unpaired) electrons. The first-order valence-corrected chi connectivity index (χ1v) is 9.33. The third kappa shape index (κ3) is 14.3. The van der Waals surface area contributed by atoms with Crippen LogP contribution in [0.4, 0.5) is 0 Å². The third-order valence-electron chi connectivity index (χ3n) is 1.11. The molecule has 14 heavy (non-hydrogen) atoms. The summed E-state index contributed by atoms with van der Waals surface area (Å²) < 4.78 is 0. The molecule has 0 fully saturated rings. The molecule has 0 saturated carbocycles. The van der Waals surface area contributed by atoms with Gasteiger partial charge in [0.15, 0.2) is 0 Å². The normalized spacial score (nSPS) is 7.00. The molecule has 0 aliphatic heterocycles. The molecule has 2 heteroatoms. The molecule has 2 aromatic carbocycles. The Morgan fingerprint density at radius 3 is 1.00 bits per heavy atom. The van der Waals surface area contributed by atoms with Gasteiger partial charge in [-0.15, -0.1) is 0 Å². The predicted molar refractivity (Wildman–Crippen MR) is 62.9 cm³/mol. The molecular weight excluding hydrogens is 273 g/mol. The van der Waals surface area contributed by atoms with Gasteiger partial charge in [-0.2, -0.15) is 36.4 Å². The Kier molecular flexibility index (Phi) is 17.6. The Balaban J connectivity index is 0. The summed E-state index contributed by atoms with van der Waals surface area (Å²) in [5.41, 5.74) is 0. The molecule has 0 aromatic heterocycles. The summed E-state index contributed by atoms with van der Waals surface area (Å²) in [6.07, 6.45) is 0. The first-order chi connectivity index (χ1) is 6.41. The zero-order valence-corrected chi connectivity index (χ0v) is 12.2. The van der Waals surface area contributed by atoms with Crippen molar-refractivity contribution in [2.75, 3.05) is 0 Å². The van der Waals surface area contributed by atoms with Gasteiger partial charge in [-0.05, 0) is 0 Å². The van der Waals surface area contributed by atoms with Gasteiger partial charge < -0.3 is 0 Å². The Bertz CT molecular complexity index is 162. The maximum absolute atomic E-state index is 2.28. The van der Waals surface area contributed by atoms with Crippen LogP contribution in [0.3, 0.4) is 0 Å². The first kappa shape index (κ1) is 16.2. The molecule has 0 nitrogen and oxygen atoms in total. The number of rotatable bonds is 0. The van der Waals surface area contributed by atoms with Crippen molar-refractivity contribution in [3.8, 4) is 0 Å². The van der Waals surface area contributed by atoms with Crippen LogP contribution in [0.1, 0.15) is 0 Å². The van der Waals surface area contributed by atoms with Gasteiger partial charge in [0, 0.05) is 0 Å². The van der Waals surface area contributed by atoms with Crippen LogP contribution in [-0.4, -0.2) is 15.4 Å². The van der Waals surface area contributed by atoms with E-state index < -0.39 is 0 Å². The van der Waals surface area contributed by atoms with E-state index >= 15 is 0 Å². The van der Waals surface area contributed by atoms with Gasteiger partial charge in [-0.25, -0.2) is 24.3 Å². The second-order valence-corrected chi connectivity index (χ2v) is 4.92. The Labute approximate surface area is 104 Å². The summed E-state index contributed by atoms with van der Waals surface area (Å²) in [5, 5.41) is 0. The molecule has 0 bridgehead atoms. The molecule has 0 spiro atoms. The monoisotopic (exact) mass is 291 g/mol. The van der Waals surface area contributed by atoms with E-state index in [1.807, 2.05) is 60.7 Å². The average Bonchev–Trinajstić information content (AvgIpc) is 2.85. The van der Waals surface area contributed by atoms with Gasteiger partial charge in [-0.1, -0.05) is 0 Å². The van der Waals surface area contributed by atoms with Crippen molar-refractivity contribution in [3.05, 3.63) is 60.7 Å².